The molecule has 1 saturated carbocycles. The molecule has 1 fully saturated rings. The Morgan fingerprint density at radius 3 is 2.19 bits per heavy atom. The molecule has 3 N–H and O–H groups in total. The lowest BCUT2D eigenvalue weighted by Gasteiger charge is -2.36. The third kappa shape index (κ3) is 2.81. The highest BCUT2D eigenvalue weighted by atomic mass is 16.3. The first-order valence-electron chi connectivity index (χ1n) is 7.80. The second kappa shape index (κ2) is 5.90. The summed E-state index contributed by atoms with van der Waals surface area (Å²) in [5, 5.41) is 9.40. The normalized spacial score (nSPS) is 18.5. The van der Waals surface area contributed by atoms with E-state index in [-0.39, 0.29) is 11.5 Å². The molecule has 0 saturated heterocycles. The van der Waals surface area contributed by atoms with Gasteiger partial charge in [0.05, 0.1) is 0 Å². The van der Waals surface area contributed by atoms with Crippen LogP contribution >= 0.6 is 0 Å². The van der Waals surface area contributed by atoms with Crippen molar-refractivity contribution < 1.29 is 5.11 Å². The van der Waals surface area contributed by atoms with E-state index in [1.54, 1.807) is 12.1 Å². The lowest BCUT2D eigenvalue weighted by atomic mass is 9.71. The Morgan fingerprint density at radius 2 is 1.57 bits per heavy atom. The Kier molecular flexibility index (Phi) is 3.98. The summed E-state index contributed by atoms with van der Waals surface area (Å²) in [6.45, 7) is 0. The molecular weight excluding hydrogens is 258 g/mol. The van der Waals surface area contributed by atoms with Gasteiger partial charge >= 0.3 is 0 Å². The fraction of sp³-hybridized carbons (Fsp3) is 0.368. The quantitative estimate of drug-likeness (QED) is 0.896. The van der Waals surface area contributed by atoms with Gasteiger partial charge < -0.3 is 10.8 Å². The number of aromatic hydroxyl groups is 1. The first-order valence-corrected chi connectivity index (χ1v) is 7.80. The van der Waals surface area contributed by atoms with E-state index in [4.69, 9.17) is 5.73 Å². The van der Waals surface area contributed by atoms with Gasteiger partial charge in [0, 0.05) is 11.5 Å². The van der Waals surface area contributed by atoms with Gasteiger partial charge in [-0.2, -0.15) is 0 Å². The second-order valence-corrected chi connectivity index (χ2v) is 6.21. The van der Waals surface area contributed by atoms with Crippen molar-refractivity contribution in [3.8, 4) is 5.75 Å². The minimum absolute atomic E-state index is 0.110. The van der Waals surface area contributed by atoms with Crippen LogP contribution in [0.15, 0.2) is 54.6 Å². The summed E-state index contributed by atoms with van der Waals surface area (Å²) in [5.41, 5.74) is 9.34. The van der Waals surface area contributed by atoms with Gasteiger partial charge in [-0.15, -0.1) is 0 Å². The molecule has 0 aromatic heterocycles. The van der Waals surface area contributed by atoms with Gasteiger partial charge in [0.2, 0.25) is 0 Å². The topological polar surface area (TPSA) is 46.2 Å². The molecule has 0 radical (unpaired) electrons. The number of phenolic OH excluding ortho intramolecular Hbond substituents is 1. The van der Waals surface area contributed by atoms with Gasteiger partial charge in [-0.25, -0.2) is 0 Å². The van der Waals surface area contributed by atoms with Crippen molar-refractivity contribution in [3.05, 3.63) is 65.7 Å². The van der Waals surface area contributed by atoms with Crippen LogP contribution in [0.2, 0.25) is 0 Å². The van der Waals surface area contributed by atoms with Gasteiger partial charge in [-0.3, -0.25) is 0 Å². The number of hydrogen-bond acceptors (Lipinski definition) is 2. The summed E-state index contributed by atoms with van der Waals surface area (Å²) in [5.74, 6) is 0.311. The third-order valence-corrected chi connectivity index (χ3v) is 4.95. The van der Waals surface area contributed by atoms with Crippen molar-refractivity contribution in [1.29, 1.82) is 0 Å². The highest BCUT2D eigenvalue weighted by molar-refractivity contribution is 5.32. The van der Waals surface area contributed by atoms with Gasteiger partial charge in [0.25, 0.3) is 0 Å². The smallest absolute Gasteiger partial charge is 0.115 e. The predicted molar refractivity (Wildman–Crippen MR) is 86.4 cm³/mol. The molecule has 21 heavy (non-hydrogen) atoms. The molecule has 1 atom stereocenters. The van der Waals surface area contributed by atoms with Crippen LogP contribution in [0, 0.1) is 0 Å². The molecule has 110 valence electrons. The Hall–Kier alpha value is -1.80. The van der Waals surface area contributed by atoms with E-state index in [1.807, 2.05) is 12.1 Å². The maximum absolute atomic E-state index is 9.40. The highest BCUT2D eigenvalue weighted by Gasteiger charge is 2.40. The summed E-state index contributed by atoms with van der Waals surface area (Å²) in [7, 11) is 0. The molecule has 0 bridgehead atoms. The van der Waals surface area contributed by atoms with Crippen LogP contribution in [-0.2, 0) is 11.8 Å². The van der Waals surface area contributed by atoms with Crippen LogP contribution < -0.4 is 5.73 Å². The van der Waals surface area contributed by atoms with Gasteiger partial charge in [0.1, 0.15) is 5.75 Å². The maximum Gasteiger partial charge on any atom is 0.115 e. The molecule has 2 nitrogen and oxygen atoms in total. The van der Waals surface area contributed by atoms with Crippen LogP contribution in [0.1, 0.15) is 36.8 Å². The fourth-order valence-electron chi connectivity index (χ4n) is 3.73. The molecule has 1 aliphatic carbocycles. The van der Waals surface area contributed by atoms with E-state index in [1.165, 1.54) is 36.8 Å². The molecular formula is C19H23NO. The molecule has 2 aromatic rings. The number of phenols is 1. The fourth-order valence-corrected chi connectivity index (χ4v) is 3.73. The zero-order chi connectivity index (χ0) is 14.7. The van der Waals surface area contributed by atoms with E-state index >= 15 is 0 Å². The molecule has 2 heteroatoms. The lowest BCUT2D eigenvalue weighted by Crippen LogP contribution is -2.45. The second-order valence-electron chi connectivity index (χ2n) is 6.21. The van der Waals surface area contributed by atoms with Crippen molar-refractivity contribution in [1.82, 2.24) is 0 Å². The van der Waals surface area contributed by atoms with Gasteiger partial charge in [-0.1, -0.05) is 55.3 Å². The first kappa shape index (κ1) is 14.2. The lowest BCUT2D eigenvalue weighted by molar-refractivity contribution is 0.347. The summed E-state index contributed by atoms with van der Waals surface area (Å²) in [6.07, 6.45) is 5.73. The van der Waals surface area contributed by atoms with Crippen LogP contribution in [-0.4, -0.2) is 11.1 Å². The number of benzene rings is 2. The largest absolute Gasteiger partial charge is 0.508 e. The van der Waals surface area contributed by atoms with Crippen LogP contribution in [0.4, 0.5) is 0 Å². The van der Waals surface area contributed by atoms with Crippen molar-refractivity contribution in [2.75, 3.05) is 0 Å². The Morgan fingerprint density at radius 1 is 0.952 bits per heavy atom. The molecule has 1 aliphatic rings. The van der Waals surface area contributed by atoms with Gasteiger partial charge in [0.15, 0.2) is 0 Å². The number of hydrogen-bond donors (Lipinski definition) is 2. The number of nitrogens with two attached hydrogens (primary N) is 1. The number of rotatable bonds is 4. The molecule has 0 aliphatic heterocycles. The summed E-state index contributed by atoms with van der Waals surface area (Å²) >= 11 is 0. The van der Waals surface area contributed by atoms with E-state index in [0.717, 1.165) is 6.42 Å². The Bertz CT molecular complexity index is 570. The third-order valence-electron chi connectivity index (χ3n) is 4.95. The first-order chi connectivity index (χ1) is 10.2. The standard InChI is InChI=1S/C19H23NO/c20-18(14-15-8-10-17(21)11-9-15)19(12-4-5-13-19)16-6-2-1-3-7-16/h1-3,6-11,18,21H,4-5,12-14,20H2. The van der Waals surface area contributed by atoms with Crippen LogP contribution in [0.5, 0.6) is 5.75 Å². The molecule has 0 heterocycles. The summed E-state index contributed by atoms with van der Waals surface area (Å²) in [6, 6.07) is 18.3. The average molecular weight is 281 g/mol. The zero-order valence-electron chi connectivity index (χ0n) is 12.3. The highest BCUT2D eigenvalue weighted by Crippen LogP contribution is 2.43. The molecule has 1 unspecified atom stereocenters. The zero-order valence-corrected chi connectivity index (χ0v) is 12.3. The molecule has 3 rings (SSSR count). The van der Waals surface area contributed by atoms with Crippen molar-refractivity contribution >= 4 is 0 Å². The van der Waals surface area contributed by atoms with E-state index < -0.39 is 0 Å². The Balaban J connectivity index is 1.85. The van der Waals surface area contributed by atoms with Crippen LogP contribution in [0.3, 0.4) is 0 Å². The average Bonchev–Trinajstić information content (AvgIpc) is 3.01. The monoisotopic (exact) mass is 281 g/mol. The Labute approximate surface area is 126 Å². The van der Waals surface area contributed by atoms with Crippen molar-refractivity contribution in [3.63, 3.8) is 0 Å². The minimum atomic E-state index is 0.110. The van der Waals surface area contributed by atoms with E-state index in [0.29, 0.717) is 5.75 Å². The van der Waals surface area contributed by atoms with Crippen LogP contribution in [0.25, 0.3) is 0 Å². The summed E-state index contributed by atoms with van der Waals surface area (Å²) in [4.78, 5) is 0. The van der Waals surface area contributed by atoms with Gasteiger partial charge in [-0.05, 0) is 42.5 Å². The van der Waals surface area contributed by atoms with E-state index in [9.17, 15) is 5.11 Å². The predicted octanol–water partition coefficient (Wildman–Crippen LogP) is 3.77. The minimum Gasteiger partial charge on any atom is -0.508 e. The molecule has 0 spiro atoms. The SMILES string of the molecule is NC(Cc1ccc(O)cc1)C1(c2ccccc2)CCCC1. The molecule has 2 aromatic carbocycles. The summed E-state index contributed by atoms with van der Waals surface area (Å²) < 4.78 is 0. The van der Waals surface area contributed by atoms with Crippen molar-refractivity contribution in [2.45, 2.75) is 43.6 Å². The molecule has 0 amide bonds. The maximum atomic E-state index is 9.40. The van der Waals surface area contributed by atoms with E-state index in [2.05, 4.69) is 30.3 Å². The van der Waals surface area contributed by atoms with Crippen molar-refractivity contribution in [2.24, 2.45) is 5.73 Å².